The van der Waals surface area contributed by atoms with E-state index in [1.807, 2.05) is 36.0 Å². The van der Waals surface area contributed by atoms with Gasteiger partial charge < -0.3 is 11.1 Å². The third-order valence-electron chi connectivity index (χ3n) is 3.61. The molecule has 0 heterocycles. The summed E-state index contributed by atoms with van der Waals surface area (Å²) in [6, 6.07) is 7.71. The van der Waals surface area contributed by atoms with E-state index in [1.165, 1.54) is 12.8 Å². The smallest absolute Gasteiger partial charge is 0.251 e. The molecule has 0 radical (unpaired) electrons. The number of benzene rings is 1. The maximum absolute atomic E-state index is 12.4. The van der Waals surface area contributed by atoms with Crippen LogP contribution in [0.5, 0.6) is 0 Å². The molecule has 21 heavy (non-hydrogen) atoms. The molecule has 3 nitrogen and oxygen atoms in total. The minimum Gasteiger partial charge on any atom is -0.348 e. The molecule has 1 aliphatic carbocycles. The summed E-state index contributed by atoms with van der Waals surface area (Å²) in [6.45, 7) is 2.50. The first-order valence-corrected chi connectivity index (χ1v) is 8.51. The molecular formula is C17H22N2OS. The monoisotopic (exact) mass is 302 g/mol. The molecule has 1 fully saturated rings. The highest BCUT2D eigenvalue weighted by Crippen LogP contribution is 2.30. The molecule has 0 aromatic heterocycles. The number of carbonyl (C=O) groups excluding carboxylic acids is 1. The number of nitrogens with one attached hydrogen (secondary N) is 1. The molecule has 112 valence electrons. The van der Waals surface area contributed by atoms with Gasteiger partial charge in [-0.15, -0.1) is 0 Å². The van der Waals surface area contributed by atoms with Gasteiger partial charge in [-0.05, 0) is 36.8 Å². The number of hydrogen-bond acceptors (Lipinski definition) is 3. The Labute approximate surface area is 131 Å². The lowest BCUT2D eigenvalue weighted by atomic mass is 10.1. The zero-order valence-corrected chi connectivity index (χ0v) is 13.2. The molecule has 2 unspecified atom stereocenters. The van der Waals surface area contributed by atoms with Crippen molar-refractivity contribution in [2.75, 3.05) is 12.3 Å². The largest absolute Gasteiger partial charge is 0.348 e. The number of amides is 1. The van der Waals surface area contributed by atoms with E-state index in [4.69, 9.17) is 5.73 Å². The van der Waals surface area contributed by atoms with Crippen LogP contribution in [-0.4, -0.2) is 29.5 Å². The summed E-state index contributed by atoms with van der Waals surface area (Å²) >= 11 is 1.95. The molecule has 0 aliphatic heterocycles. The standard InChI is InChI=1S/C17H22N2OS/c1-2-21-16-10-4-9-15(16)19-17(20)14-8-3-6-13(12-14)7-5-11-18/h3,6,8,12,15-16H,2,4,9-11,18H2,1H3,(H,19,20). The van der Waals surface area contributed by atoms with Crippen molar-refractivity contribution in [3.8, 4) is 11.8 Å². The van der Waals surface area contributed by atoms with E-state index in [2.05, 4.69) is 24.1 Å². The molecular weight excluding hydrogens is 280 g/mol. The quantitative estimate of drug-likeness (QED) is 0.840. The second-order valence-electron chi connectivity index (χ2n) is 5.09. The fourth-order valence-electron chi connectivity index (χ4n) is 2.65. The number of thioether (sulfide) groups is 1. The van der Waals surface area contributed by atoms with E-state index < -0.39 is 0 Å². The van der Waals surface area contributed by atoms with Crippen LogP contribution in [0.1, 0.15) is 42.1 Å². The first kappa shape index (κ1) is 15.9. The van der Waals surface area contributed by atoms with Gasteiger partial charge in [0.2, 0.25) is 0 Å². The van der Waals surface area contributed by atoms with Crippen molar-refractivity contribution in [3.63, 3.8) is 0 Å². The Morgan fingerprint density at radius 1 is 1.48 bits per heavy atom. The van der Waals surface area contributed by atoms with E-state index in [-0.39, 0.29) is 5.91 Å². The zero-order valence-electron chi connectivity index (χ0n) is 12.4. The fourth-order valence-corrected chi connectivity index (χ4v) is 3.85. The molecule has 1 aromatic carbocycles. The normalized spacial score (nSPS) is 20.7. The van der Waals surface area contributed by atoms with E-state index in [0.29, 0.717) is 23.4 Å². The van der Waals surface area contributed by atoms with Gasteiger partial charge in [0.05, 0.1) is 6.54 Å². The van der Waals surface area contributed by atoms with Gasteiger partial charge in [0.15, 0.2) is 0 Å². The summed E-state index contributed by atoms with van der Waals surface area (Å²) < 4.78 is 0. The van der Waals surface area contributed by atoms with Crippen LogP contribution in [-0.2, 0) is 0 Å². The minimum atomic E-state index is 0.00000142. The number of carbonyl (C=O) groups is 1. The molecule has 1 amide bonds. The average molecular weight is 302 g/mol. The topological polar surface area (TPSA) is 55.1 Å². The summed E-state index contributed by atoms with van der Waals surface area (Å²) in [7, 11) is 0. The SMILES string of the molecule is CCSC1CCCC1NC(=O)c1cccc(C#CCN)c1. The Balaban J connectivity index is 2.03. The zero-order chi connectivity index (χ0) is 15.1. The van der Waals surface area contributed by atoms with Crippen LogP contribution in [0, 0.1) is 11.8 Å². The van der Waals surface area contributed by atoms with Crippen molar-refractivity contribution in [1.29, 1.82) is 0 Å². The molecule has 1 aliphatic rings. The summed E-state index contributed by atoms with van der Waals surface area (Å²) in [5.41, 5.74) is 6.88. The Morgan fingerprint density at radius 3 is 3.10 bits per heavy atom. The third-order valence-corrected chi connectivity index (χ3v) is 4.94. The van der Waals surface area contributed by atoms with Crippen molar-refractivity contribution in [2.45, 2.75) is 37.5 Å². The maximum Gasteiger partial charge on any atom is 0.251 e. The lowest BCUT2D eigenvalue weighted by Gasteiger charge is -2.20. The van der Waals surface area contributed by atoms with Gasteiger partial charge in [-0.25, -0.2) is 0 Å². The Bertz CT molecular complexity index is 547. The van der Waals surface area contributed by atoms with Crippen LogP contribution >= 0.6 is 11.8 Å². The van der Waals surface area contributed by atoms with Crippen LogP contribution < -0.4 is 11.1 Å². The molecule has 0 bridgehead atoms. The maximum atomic E-state index is 12.4. The van der Waals surface area contributed by atoms with Gasteiger partial charge in [-0.1, -0.05) is 31.3 Å². The van der Waals surface area contributed by atoms with Crippen LogP contribution in [0.25, 0.3) is 0 Å². The van der Waals surface area contributed by atoms with Gasteiger partial charge in [-0.2, -0.15) is 11.8 Å². The lowest BCUT2D eigenvalue weighted by molar-refractivity contribution is 0.0938. The molecule has 1 aromatic rings. The summed E-state index contributed by atoms with van der Waals surface area (Å²) in [4.78, 5) is 12.4. The van der Waals surface area contributed by atoms with Gasteiger partial charge in [0.1, 0.15) is 0 Å². The predicted octanol–water partition coefficient (Wildman–Crippen LogP) is 2.40. The Kier molecular flexibility index (Phi) is 6.16. The van der Waals surface area contributed by atoms with E-state index in [9.17, 15) is 4.79 Å². The van der Waals surface area contributed by atoms with Crippen molar-refractivity contribution in [3.05, 3.63) is 35.4 Å². The highest BCUT2D eigenvalue weighted by atomic mass is 32.2. The van der Waals surface area contributed by atoms with Crippen molar-refractivity contribution in [1.82, 2.24) is 5.32 Å². The Hall–Kier alpha value is -1.44. The number of rotatable bonds is 4. The Morgan fingerprint density at radius 2 is 2.33 bits per heavy atom. The average Bonchev–Trinajstić information content (AvgIpc) is 2.93. The first-order valence-electron chi connectivity index (χ1n) is 7.46. The van der Waals surface area contributed by atoms with E-state index >= 15 is 0 Å². The molecule has 2 rings (SSSR count). The third kappa shape index (κ3) is 4.52. The van der Waals surface area contributed by atoms with E-state index in [1.54, 1.807) is 0 Å². The van der Waals surface area contributed by atoms with Crippen LogP contribution in [0.2, 0.25) is 0 Å². The van der Waals surface area contributed by atoms with Gasteiger partial charge in [-0.3, -0.25) is 4.79 Å². The van der Waals surface area contributed by atoms with Crippen LogP contribution in [0.4, 0.5) is 0 Å². The molecule has 0 saturated heterocycles. The molecule has 0 spiro atoms. The molecule has 1 saturated carbocycles. The first-order chi connectivity index (χ1) is 10.2. The highest BCUT2D eigenvalue weighted by molar-refractivity contribution is 7.99. The summed E-state index contributed by atoms with van der Waals surface area (Å²) in [5.74, 6) is 6.87. The minimum absolute atomic E-state index is 0.00000142. The second-order valence-corrected chi connectivity index (χ2v) is 6.61. The van der Waals surface area contributed by atoms with Crippen molar-refractivity contribution in [2.24, 2.45) is 5.73 Å². The number of hydrogen-bond donors (Lipinski definition) is 2. The van der Waals surface area contributed by atoms with Gasteiger partial charge in [0, 0.05) is 22.4 Å². The van der Waals surface area contributed by atoms with Crippen molar-refractivity contribution < 1.29 is 4.79 Å². The highest BCUT2D eigenvalue weighted by Gasteiger charge is 2.28. The predicted molar refractivity (Wildman–Crippen MR) is 89.4 cm³/mol. The molecule has 3 N–H and O–H groups in total. The molecule has 2 atom stereocenters. The van der Waals surface area contributed by atoms with Gasteiger partial charge in [0.25, 0.3) is 5.91 Å². The lowest BCUT2D eigenvalue weighted by Crippen LogP contribution is -2.38. The van der Waals surface area contributed by atoms with Gasteiger partial charge >= 0.3 is 0 Å². The fraction of sp³-hybridized carbons (Fsp3) is 0.471. The van der Waals surface area contributed by atoms with E-state index in [0.717, 1.165) is 17.7 Å². The molecule has 4 heteroatoms. The van der Waals surface area contributed by atoms with Crippen LogP contribution in [0.3, 0.4) is 0 Å². The van der Waals surface area contributed by atoms with Crippen LogP contribution in [0.15, 0.2) is 24.3 Å². The number of nitrogens with two attached hydrogens (primary N) is 1. The summed E-state index contributed by atoms with van der Waals surface area (Å²) in [5, 5.41) is 3.74. The van der Waals surface area contributed by atoms with Crippen molar-refractivity contribution >= 4 is 17.7 Å². The summed E-state index contributed by atoms with van der Waals surface area (Å²) in [6.07, 6.45) is 3.48. The second kappa shape index (κ2) is 8.11.